The highest BCUT2D eigenvalue weighted by Gasteiger charge is 2.16. The number of amides is 3. The number of urea groups is 1. The molecule has 0 radical (unpaired) electrons. The molecule has 0 unspecified atom stereocenters. The third kappa shape index (κ3) is 8.55. The maximum absolute atomic E-state index is 11.7. The summed E-state index contributed by atoms with van der Waals surface area (Å²) >= 11 is 0. The Balaban J connectivity index is 2.47. The Morgan fingerprint density at radius 1 is 1.16 bits per heavy atom. The molecular formula is C18H24N2O5. The van der Waals surface area contributed by atoms with E-state index in [0.29, 0.717) is 12.4 Å². The lowest BCUT2D eigenvalue weighted by Crippen LogP contribution is -2.49. The molecule has 0 fully saturated rings. The van der Waals surface area contributed by atoms with Crippen molar-refractivity contribution in [3.63, 3.8) is 0 Å². The van der Waals surface area contributed by atoms with Crippen molar-refractivity contribution in [1.82, 2.24) is 10.6 Å². The van der Waals surface area contributed by atoms with Crippen LogP contribution in [0, 0.1) is 0 Å². The standard InChI is InChI=1S/C18H24N2O5/c1-5-24-14-9-7-6-8-13(14)10-11-16(22)25-12-15(21)19-17(23)20-18(2,3)4/h6-11H,5,12H2,1-4H3,(H2,19,20,21,23)/b11-10+. The molecule has 7 nitrogen and oxygen atoms in total. The number of benzene rings is 1. The van der Waals surface area contributed by atoms with Crippen molar-refractivity contribution in [2.45, 2.75) is 33.2 Å². The molecule has 0 bridgehead atoms. The van der Waals surface area contributed by atoms with Gasteiger partial charge in [-0.25, -0.2) is 9.59 Å². The van der Waals surface area contributed by atoms with E-state index in [1.807, 2.05) is 19.1 Å². The van der Waals surface area contributed by atoms with E-state index in [1.165, 1.54) is 12.2 Å². The highest BCUT2D eigenvalue weighted by molar-refractivity contribution is 5.96. The van der Waals surface area contributed by atoms with E-state index in [4.69, 9.17) is 9.47 Å². The molecule has 0 saturated carbocycles. The minimum Gasteiger partial charge on any atom is -0.493 e. The molecule has 0 aromatic heterocycles. The van der Waals surface area contributed by atoms with Crippen LogP contribution < -0.4 is 15.4 Å². The predicted octanol–water partition coefficient (Wildman–Crippen LogP) is 2.27. The van der Waals surface area contributed by atoms with Gasteiger partial charge >= 0.3 is 12.0 Å². The van der Waals surface area contributed by atoms with Gasteiger partial charge in [-0.05, 0) is 39.8 Å². The Morgan fingerprint density at radius 3 is 2.48 bits per heavy atom. The molecule has 0 aliphatic carbocycles. The molecule has 25 heavy (non-hydrogen) atoms. The maximum atomic E-state index is 11.7. The number of carbonyl (C=O) groups excluding carboxylic acids is 3. The Bertz CT molecular complexity index is 647. The lowest BCUT2D eigenvalue weighted by molar-refractivity contribution is -0.143. The van der Waals surface area contributed by atoms with Crippen molar-refractivity contribution >= 4 is 24.0 Å². The van der Waals surface area contributed by atoms with Crippen molar-refractivity contribution in [2.24, 2.45) is 0 Å². The van der Waals surface area contributed by atoms with Crippen LogP contribution in [0.2, 0.25) is 0 Å². The summed E-state index contributed by atoms with van der Waals surface area (Å²) in [5.41, 5.74) is 0.243. The first kappa shape index (κ1) is 20.2. The second-order valence-electron chi connectivity index (χ2n) is 6.16. The quantitative estimate of drug-likeness (QED) is 0.607. The summed E-state index contributed by atoms with van der Waals surface area (Å²) in [5, 5.41) is 4.64. The summed E-state index contributed by atoms with van der Waals surface area (Å²) in [6, 6.07) is 6.58. The van der Waals surface area contributed by atoms with Crippen LogP contribution in [0.1, 0.15) is 33.3 Å². The number of hydrogen-bond donors (Lipinski definition) is 2. The zero-order chi connectivity index (χ0) is 18.9. The van der Waals surface area contributed by atoms with E-state index < -0.39 is 30.1 Å². The van der Waals surface area contributed by atoms with E-state index in [1.54, 1.807) is 32.9 Å². The molecule has 3 amide bonds. The van der Waals surface area contributed by atoms with Gasteiger partial charge in [0.05, 0.1) is 6.61 Å². The minimum absolute atomic E-state index is 0.474. The van der Waals surface area contributed by atoms with E-state index >= 15 is 0 Å². The van der Waals surface area contributed by atoms with E-state index in [2.05, 4.69) is 10.6 Å². The largest absolute Gasteiger partial charge is 0.493 e. The molecule has 0 saturated heterocycles. The van der Waals surface area contributed by atoms with E-state index in [-0.39, 0.29) is 0 Å². The topological polar surface area (TPSA) is 93.7 Å². The van der Waals surface area contributed by atoms with Gasteiger partial charge in [-0.1, -0.05) is 18.2 Å². The van der Waals surface area contributed by atoms with Crippen LogP contribution >= 0.6 is 0 Å². The average molecular weight is 348 g/mol. The Morgan fingerprint density at radius 2 is 1.84 bits per heavy atom. The molecule has 7 heteroatoms. The third-order valence-corrected chi connectivity index (χ3v) is 2.70. The number of rotatable bonds is 6. The molecule has 1 rings (SSSR count). The van der Waals surface area contributed by atoms with Crippen molar-refractivity contribution in [2.75, 3.05) is 13.2 Å². The van der Waals surface area contributed by atoms with E-state index in [0.717, 1.165) is 5.56 Å². The lowest BCUT2D eigenvalue weighted by atomic mass is 10.1. The summed E-state index contributed by atoms with van der Waals surface area (Å²) in [6.07, 6.45) is 2.73. The number of carbonyl (C=O) groups is 3. The fourth-order valence-electron chi connectivity index (χ4n) is 1.78. The zero-order valence-corrected chi connectivity index (χ0v) is 14.9. The number of nitrogens with one attached hydrogen (secondary N) is 2. The molecule has 0 spiro atoms. The fourth-order valence-corrected chi connectivity index (χ4v) is 1.78. The van der Waals surface area contributed by atoms with Crippen LogP contribution in [0.3, 0.4) is 0 Å². The normalized spacial score (nSPS) is 11.0. The highest BCUT2D eigenvalue weighted by Crippen LogP contribution is 2.19. The van der Waals surface area contributed by atoms with Gasteiger partial charge in [-0.2, -0.15) is 0 Å². The zero-order valence-electron chi connectivity index (χ0n) is 14.9. The predicted molar refractivity (Wildman–Crippen MR) is 94.0 cm³/mol. The van der Waals surface area contributed by atoms with Crippen molar-refractivity contribution in [3.8, 4) is 5.75 Å². The molecule has 1 aromatic carbocycles. The summed E-state index contributed by atoms with van der Waals surface area (Å²) in [5.74, 6) is -0.762. The summed E-state index contributed by atoms with van der Waals surface area (Å²) < 4.78 is 10.2. The Labute approximate surface area is 147 Å². The summed E-state index contributed by atoms with van der Waals surface area (Å²) in [6.45, 7) is 7.16. The molecule has 1 aromatic rings. The SMILES string of the molecule is CCOc1ccccc1/C=C/C(=O)OCC(=O)NC(=O)NC(C)(C)C. The number of hydrogen-bond acceptors (Lipinski definition) is 5. The molecule has 0 heterocycles. The molecular weight excluding hydrogens is 324 g/mol. The first-order valence-corrected chi connectivity index (χ1v) is 7.90. The maximum Gasteiger partial charge on any atom is 0.331 e. The number of para-hydroxylation sites is 1. The first-order chi connectivity index (χ1) is 11.7. The molecule has 2 N–H and O–H groups in total. The minimum atomic E-state index is -0.710. The van der Waals surface area contributed by atoms with Crippen LogP contribution in [-0.4, -0.2) is 36.7 Å². The number of imide groups is 1. The van der Waals surface area contributed by atoms with Crippen molar-refractivity contribution in [3.05, 3.63) is 35.9 Å². The van der Waals surface area contributed by atoms with Gasteiger partial charge in [0.2, 0.25) is 0 Å². The second kappa shape index (κ2) is 9.46. The second-order valence-corrected chi connectivity index (χ2v) is 6.16. The van der Waals surface area contributed by atoms with Gasteiger partial charge in [-0.15, -0.1) is 0 Å². The smallest absolute Gasteiger partial charge is 0.331 e. The lowest BCUT2D eigenvalue weighted by Gasteiger charge is -2.20. The number of esters is 1. The number of ether oxygens (including phenoxy) is 2. The van der Waals surface area contributed by atoms with Crippen molar-refractivity contribution < 1.29 is 23.9 Å². The third-order valence-electron chi connectivity index (χ3n) is 2.70. The van der Waals surface area contributed by atoms with E-state index in [9.17, 15) is 14.4 Å². The Hall–Kier alpha value is -2.83. The van der Waals surface area contributed by atoms with Gasteiger partial charge in [0.15, 0.2) is 6.61 Å². The van der Waals surface area contributed by atoms with Gasteiger partial charge in [0, 0.05) is 17.2 Å². The monoisotopic (exact) mass is 348 g/mol. The first-order valence-electron chi connectivity index (χ1n) is 7.90. The average Bonchev–Trinajstić information content (AvgIpc) is 2.50. The van der Waals surface area contributed by atoms with Crippen molar-refractivity contribution in [1.29, 1.82) is 0 Å². The van der Waals surface area contributed by atoms with Gasteiger partial charge < -0.3 is 14.8 Å². The highest BCUT2D eigenvalue weighted by atomic mass is 16.5. The van der Waals surface area contributed by atoms with Crippen LogP contribution in [0.4, 0.5) is 4.79 Å². The van der Waals surface area contributed by atoms with Crippen LogP contribution in [0.5, 0.6) is 5.75 Å². The van der Waals surface area contributed by atoms with Crippen LogP contribution in [0.15, 0.2) is 30.3 Å². The van der Waals surface area contributed by atoms with Crippen LogP contribution in [0.25, 0.3) is 6.08 Å². The van der Waals surface area contributed by atoms with Crippen LogP contribution in [-0.2, 0) is 14.3 Å². The fraction of sp³-hybridized carbons (Fsp3) is 0.389. The Kier molecular flexibility index (Phi) is 7.65. The molecule has 136 valence electrons. The van der Waals surface area contributed by atoms with Gasteiger partial charge in [-0.3, -0.25) is 10.1 Å². The molecule has 0 atom stereocenters. The molecule has 0 aliphatic rings. The summed E-state index contributed by atoms with van der Waals surface area (Å²) in [4.78, 5) is 34.8. The molecule has 0 aliphatic heterocycles. The van der Waals surface area contributed by atoms with Gasteiger partial charge in [0.25, 0.3) is 5.91 Å². The van der Waals surface area contributed by atoms with Gasteiger partial charge in [0.1, 0.15) is 5.75 Å². The summed E-state index contributed by atoms with van der Waals surface area (Å²) in [7, 11) is 0.